The van der Waals surface area contributed by atoms with Crippen molar-refractivity contribution in [3.05, 3.63) is 24.3 Å². The lowest BCUT2D eigenvalue weighted by molar-refractivity contribution is -0.0498. The first-order valence-corrected chi connectivity index (χ1v) is 8.69. The van der Waals surface area contributed by atoms with Crippen LogP contribution >= 0.6 is 0 Å². The molecule has 130 valence electrons. The summed E-state index contributed by atoms with van der Waals surface area (Å²) in [5.74, 6) is 3.06. The average molecular weight is 336 g/mol. The first kappa shape index (κ1) is 15.7. The van der Waals surface area contributed by atoms with Crippen molar-refractivity contribution in [1.82, 2.24) is 5.32 Å². The molecule has 1 aromatic carbocycles. The highest BCUT2D eigenvalue weighted by Gasteiger charge is 2.48. The molecule has 2 N–H and O–H groups in total. The van der Waals surface area contributed by atoms with Crippen LogP contribution in [-0.4, -0.2) is 18.7 Å². The number of nitrogens with one attached hydrogen (secondary N) is 2. The van der Waals surface area contributed by atoms with Crippen molar-refractivity contribution < 1.29 is 18.3 Å². The predicted molar refractivity (Wildman–Crippen MR) is 86.1 cm³/mol. The number of amides is 2. The number of benzene rings is 1. The number of halogens is 2. The molecular formula is C18H22F2N2O2. The Labute approximate surface area is 139 Å². The van der Waals surface area contributed by atoms with Crippen LogP contribution in [0.5, 0.6) is 5.75 Å². The van der Waals surface area contributed by atoms with Gasteiger partial charge in [-0.2, -0.15) is 8.78 Å². The van der Waals surface area contributed by atoms with Crippen LogP contribution in [0.3, 0.4) is 0 Å². The monoisotopic (exact) mass is 336 g/mol. The third-order valence-corrected chi connectivity index (χ3v) is 5.86. The van der Waals surface area contributed by atoms with Gasteiger partial charge in [0.2, 0.25) is 0 Å². The fourth-order valence-electron chi connectivity index (χ4n) is 5.20. The number of alkyl halides is 2. The van der Waals surface area contributed by atoms with Crippen molar-refractivity contribution in [2.75, 3.05) is 5.32 Å². The summed E-state index contributed by atoms with van der Waals surface area (Å²) in [6.07, 6.45) is 6.38. The average Bonchev–Trinajstić information content (AvgIpc) is 2.51. The van der Waals surface area contributed by atoms with E-state index in [1.807, 2.05) is 0 Å². The van der Waals surface area contributed by atoms with E-state index in [-0.39, 0.29) is 17.8 Å². The third kappa shape index (κ3) is 3.19. The highest BCUT2D eigenvalue weighted by atomic mass is 19.3. The van der Waals surface area contributed by atoms with Gasteiger partial charge < -0.3 is 15.4 Å². The summed E-state index contributed by atoms with van der Waals surface area (Å²) in [7, 11) is 0. The predicted octanol–water partition coefficient (Wildman–Crippen LogP) is 4.23. The van der Waals surface area contributed by atoms with E-state index in [0.29, 0.717) is 17.5 Å². The number of ether oxygens (including phenoxy) is 1. The van der Waals surface area contributed by atoms with E-state index in [4.69, 9.17) is 0 Å². The Kier molecular flexibility index (Phi) is 4.06. The molecule has 0 unspecified atom stereocenters. The molecule has 6 heteroatoms. The number of carbonyl (C=O) groups is 1. The summed E-state index contributed by atoms with van der Waals surface area (Å²) in [6, 6.07) is 6.03. The minimum atomic E-state index is -2.84. The van der Waals surface area contributed by atoms with Gasteiger partial charge in [-0.3, -0.25) is 0 Å². The molecule has 2 amide bonds. The van der Waals surface area contributed by atoms with Gasteiger partial charge in [0.15, 0.2) is 0 Å². The second-order valence-corrected chi connectivity index (χ2v) is 7.46. The van der Waals surface area contributed by atoms with E-state index in [0.717, 1.165) is 11.8 Å². The second-order valence-electron chi connectivity index (χ2n) is 7.46. The van der Waals surface area contributed by atoms with Gasteiger partial charge in [-0.25, -0.2) is 4.79 Å². The SMILES string of the molecule is O=C(Nc1ccc(OC(F)F)cc1)NC1C2CC3CC(C2)CC1C3. The molecular weight excluding hydrogens is 314 g/mol. The lowest BCUT2D eigenvalue weighted by atomic mass is 9.54. The molecule has 0 aliphatic heterocycles. The van der Waals surface area contributed by atoms with Crippen molar-refractivity contribution in [2.45, 2.75) is 44.8 Å². The molecule has 4 saturated carbocycles. The zero-order valence-corrected chi connectivity index (χ0v) is 13.4. The Morgan fingerprint density at radius 2 is 1.58 bits per heavy atom. The summed E-state index contributed by atoms with van der Waals surface area (Å²) in [5, 5.41) is 5.94. The highest BCUT2D eigenvalue weighted by Crippen LogP contribution is 2.53. The van der Waals surface area contributed by atoms with Crippen LogP contribution in [0.15, 0.2) is 24.3 Å². The molecule has 24 heavy (non-hydrogen) atoms. The van der Waals surface area contributed by atoms with Crippen LogP contribution in [-0.2, 0) is 0 Å². The van der Waals surface area contributed by atoms with Crippen molar-refractivity contribution in [3.63, 3.8) is 0 Å². The second kappa shape index (κ2) is 6.22. The number of carbonyl (C=O) groups excluding carboxylic acids is 1. The summed E-state index contributed by atoms with van der Waals surface area (Å²) < 4.78 is 28.6. The van der Waals surface area contributed by atoms with Crippen LogP contribution in [0.4, 0.5) is 19.3 Å². The molecule has 0 aromatic heterocycles. The van der Waals surface area contributed by atoms with Gasteiger partial charge in [0.1, 0.15) is 5.75 Å². The lowest BCUT2D eigenvalue weighted by Gasteiger charge is -2.54. The van der Waals surface area contributed by atoms with Crippen molar-refractivity contribution in [1.29, 1.82) is 0 Å². The van der Waals surface area contributed by atoms with Crippen LogP contribution in [0.25, 0.3) is 0 Å². The number of hydrogen-bond acceptors (Lipinski definition) is 2. The molecule has 0 spiro atoms. The maximum atomic E-state index is 12.3. The molecule has 1 aromatic rings. The van der Waals surface area contributed by atoms with E-state index in [2.05, 4.69) is 15.4 Å². The van der Waals surface area contributed by atoms with Gasteiger partial charge in [0.05, 0.1) is 0 Å². The Balaban J connectivity index is 1.33. The number of urea groups is 1. The normalized spacial score (nSPS) is 33.5. The fraction of sp³-hybridized carbons (Fsp3) is 0.611. The van der Waals surface area contributed by atoms with Crippen LogP contribution in [0, 0.1) is 23.7 Å². The molecule has 0 radical (unpaired) electrons. The van der Waals surface area contributed by atoms with Crippen molar-refractivity contribution in [2.24, 2.45) is 23.7 Å². The van der Waals surface area contributed by atoms with Gasteiger partial charge in [0.25, 0.3) is 0 Å². The molecule has 4 bridgehead atoms. The quantitative estimate of drug-likeness (QED) is 0.864. The summed E-state index contributed by atoms with van der Waals surface area (Å²) in [6.45, 7) is -2.84. The van der Waals surface area contributed by atoms with Crippen molar-refractivity contribution >= 4 is 11.7 Å². The van der Waals surface area contributed by atoms with E-state index in [1.165, 1.54) is 44.2 Å². The number of anilines is 1. The van der Waals surface area contributed by atoms with E-state index in [9.17, 15) is 13.6 Å². The van der Waals surface area contributed by atoms with E-state index in [1.54, 1.807) is 12.1 Å². The Bertz CT molecular complexity index is 578. The Morgan fingerprint density at radius 1 is 1.00 bits per heavy atom. The number of hydrogen-bond donors (Lipinski definition) is 2. The fourth-order valence-corrected chi connectivity index (χ4v) is 5.20. The van der Waals surface area contributed by atoms with Crippen LogP contribution < -0.4 is 15.4 Å². The summed E-state index contributed by atoms with van der Waals surface area (Å²) >= 11 is 0. The molecule has 4 nitrogen and oxygen atoms in total. The Hall–Kier alpha value is -1.85. The zero-order valence-electron chi connectivity index (χ0n) is 13.4. The summed E-state index contributed by atoms with van der Waals surface area (Å²) in [5.41, 5.74) is 0.568. The minimum Gasteiger partial charge on any atom is -0.435 e. The highest BCUT2D eigenvalue weighted by molar-refractivity contribution is 5.89. The zero-order chi connectivity index (χ0) is 16.7. The van der Waals surface area contributed by atoms with E-state index < -0.39 is 6.61 Å². The largest absolute Gasteiger partial charge is 0.435 e. The summed E-state index contributed by atoms with van der Waals surface area (Å²) in [4.78, 5) is 12.3. The van der Waals surface area contributed by atoms with Crippen LogP contribution in [0.2, 0.25) is 0 Å². The maximum Gasteiger partial charge on any atom is 0.387 e. The van der Waals surface area contributed by atoms with Gasteiger partial charge in [0, 0.05) is 11.7 Å². The van der Waals surface area contributed by atoms with Gasteiger partial charge in [-0.1, -0.05) is 0 Å². The molecule has 0 atom stereocenters. The lowest BCUT2D eigenvalue weighted by Crippen LogP contribution is -2.56. The topological polar surface area (TPSA) is 50.4 Å². The standard InChI is InChI=1S/C18H22F2N2O2/c19-17(20)24-15-3-1-14(2-4-15)21-18(23)22-16-12-6-10-5-11(8-12)9-13(16)7-10/h1-4,10-13,16-17H,5-9H2,(H2,21,22,23). The van der Waals surface area contributed by atoms with Crippen LogP contribution in [0.1, 0.15) is 32.1 Å². The van der Waals surface area contributed by atoms with Gasteiger partial charge in [-0.05, 0) is 80.0 Å². The van der Waals surface area contributed by atoms with E-state index >= 15 is 0 Å². The maximum absolute atomic E-state index is 12.3. The first-order valence-electron chi connectivity index (χ1n) is 8.69. The Morgan fingerprint density at radius 3 is 2.12 bits per heavy atom. The smallest absolute Gasteiger partial charge is 0.387 e. The minimum absolute atomic E-state index is 0.0806. The molecule has 4 fully saturated rings. The third-order valence-electron chi connectivity index (χ3n) is 5.86. The van der Waals surface area contributed by atoms with Gasteiger partial charge >= 0.3 is 12.6 Å². The number of rotatable bonds is 4. The van der Waals surface area contributed by atoms with Crippen molar-refractivity contribution in [3.8, 4) is 5.75 Å². The molecule has 4 aliphatic rings. The molecule has 0 heterocycles. The van der Waals surface area contributed by atoms with Gasteiger partial charge in [-0.15, -0.1) is 0 Å². The molecule has 0 saturated heterocycles. The first-order chi connectivity index (χ1) is 11.6. The molecule has 4 aliphatic carbocycles. The molecule has 5 rings (SSSR count).